The second-order valence-corrected chi connectivity index (χ2v) is 14.0. The molecule has 0 bridgehead atoms. The minimum atomic E-state index is -4.40. The Labute approximate surface area is 309 Å². The van der Waals surface area contributed by atoms with E-state index in [1.165, 1.54) is 12.1 Å². The summed E-state index contributed by atoms with van der Waals surface area (Å²) >= 11 is 0. The highest BCUT2D eigenvalue weighted by molar-refractivity contribution is 6.07. The van der Waals surface area contributed by atoms with E-state index in [0.717, 1.165) is 47.7 Å². The van der Waals surface area contributed by atoms with Crippen LogP contribution >= 0.6 is 0 Å². The number of rotatable bonds is 8. The van der Waals surface area contributed by atoms with E-state index in [4.69, 9.17) is 9.47 Å². The standard InChI is InChI=1S/C41H49F3N4O5/c1-27-23-48(28(2)26-49)39(50)35-22-33(45-40(51)46-36-14-9-12-31-11-5-6-13-34(31)36)19-20-37(35)53-29(3)10-7-8-21-52-38(27)25-47(4)24-30-15-17-32(18-16-30)41(42,43)44/h5-6,9,11-20,22,27-29,38,49H,7-8,10,21,23-26H2,1-4H3,(H2,45,46,51)/t27-,28+,29+,38+/m1/s1. The summed E-state index contributed by atoms with van der Waals surface area (Å²) in [6.07, 6.45) is -2.60. The zero-order valence-corrected chi connectivity index (χ0v) is 30.7. The highest BCUT2D eigenvalue weighted by atomic mass is 19.4. The molecule has 1 heterocycles. The van der Waals surface area contributed by atoms with Gasteiger partial charge in [-0.1, -0.05) is 55.5 Å². The van der Waals surface area contributed by atoms with E-state index < -0.39 is 23.8 Å². The van der Waals surface area contributed by atoms with Gasteiger partial charge in [0, 0.05) is 43.2 Å². The Balaban J connectivity index is 1.36. The number of urea groups is 1. The maximum atomic E-state index is 14.5. The number of anilines is 2. The molecule has 12 heteroatoms. The van der Waals surface area contributed by atoms with Gasteiger partial charge in [-0.05, 0) is 87.5 Å². The molecular weight excluding hydrogens is 685 g/mol. The summed E-state index contributed by atoms with van der Waals surface area (Å²) in [6.45, 7) is 7.03. The van der Waals surface area contributed by atoms with Gasteiger partial charge in [-0.3, -0.25) is 9.69 Å². The number of fused-ring (bicyclic) bond motifs is 2. The van der Waals surface area contributed by atoms with E-state index in [1.54, 1.807) is 30.0 Å². The van der Waals surface area contributed by atoms with E-state index in [-0.39, 0.29) is 42.7 Å². The number of halogens is 3. The lowest BCUT2D eigenvalue weighted by Gasteiger charge is -2.36. The summed E-state index contributed by atoms with van der Waals surface area (Å²) in [6, 6.07) is 22.5. The van der Waals surface area contributed by atoms with Gasteiger partial charge in [0.1, 0.15) is 5.75 Å². The van der Waals surface area contributed by atoms with Gasteiger partial charge in [-0.25, -0.2) is 4.79 Å². The molecule has 3 N–H and O–H groups in total. The predicted molar refractivity (Wildman–Crippen MR) is 201 cm³/mol. The molecule has 4 aromatic rings. The van der Waals surface area contributed by atoms with Crippen LogP contribution in [0.4, 0.5) is 29.3 Å². The summed E-state index contributed by atoms with van der Waals surface area (Å²) in [4.78, 5) is 31.3. The second-order valence-electron chi connectivity index (χ2n) is 14.0. The number of nitrogens with zero attached hydrogens (tertiary/aromatic N) is 2. The summed E-state index contributed by atoms with van der Waals surface area (Å²) in [5.74, 6) is -0.180. The van der Waals surface area contributed by atoms with Crippen molar-refractivity contribution in [3.8, 4) is 5.75 Å². The van der Waals surface area contributed by atoms with Crippen LogP contribution in [0, 0.1) is 5.92 Å². The first-order valence-corrected chi connectivity index (χ1v) is 18.1. The molecule has 0 saturated carbocycles. The zero-order valence-electron chi connectivity index (χ0n) is 30.7. The summed E-state index contributed by atoms with van der Waals surface area (Å²) < 4.78 is 52.1. The van der Waals surface area contributed by atoms with Crippen LogP contribution in [0.5, 0.6) is 5.75 Å². The Kier molecular flexibility index (Phi) is 13.4. The molecular formula is C41H49F3N4O5. The highest BCUT2D eigenvalue weighted by Gasteiger charge is 2.32. The zero-order chi connectivity index (χ0) is 38.1. The fraction of sp³-hybridized carbons (Fsp3) is 0.415. The second kappa shape index (κ2) is 17.9. The van der Waals surface area contributed by atoms with Gasteiger partial charge in [0.15, 0.2) is 0 Å². The largest absolute Gasteiger partial charge is 0.490 e. The Morgan fingerprint density at radius 3 is 2.47 bits per heavy atom. The Bertz CT molecular complexity index is 1830. The Hall–Kier alpha value is -4.65. The van der Waals surface area contributed by atoms with Crippen molar-refractivity contribution in [3.05, 3.63) is 102 Å². The normalized spacial score (nSPS) is 19.6. The lowest BCUT2D eigenvalue weighted by atomic mass is 10.0. The number of carbonyl (C=O) groups excluding carboxylic acids is 2. The van der Waals surface area contributed by atoms with Crippen LogP contribution in [0.3, 0.4) is 0 Å². The molecule has 53 heavy (non-hydrogen) atoms. The molecule has 4 atom stereocenters. The predicted octanol–water partition coefficient (Wildman–Crippen LogP) is 8.43. The lowest BCUT2D eigenvalue weighted by Crippen LogP contribution is -2.47. The first kappa shape index (κ1) is 39.6. The minimum Gasteiger partial charge on any atom is -0.490 e. The van der Waals surface area contributed by atoms with E-state index >= 15 is 0 Å². The number of benzene rings is 4. The third-order valence-electron chi connectivity index (χ3n) is 9.57. The molecule has 4 aromatic carbocycles. The third-order valence-corrected chi connectivity index (χ3v) is 9.57. The number of nitrogens with one attached hydrogen (secondary N) is 2. The monoisotopic (exact) mass is 734 g/mol. The van der Waals surface area contributed by atoms with Crippen LogP contribution < -0.4 is 15.4 Å². The van der Waals surface area contributed by atoms with Gasteiger partial charge < -0.3 is 30.1 Å². The van der Waals surface area contributed by atoms with Gasteiger partial charge in [0.2, 0.25) is 0 Å². The molecule has 0 aliphatic carbocycles. The number of amides is 3. The van der Waals surface area contributed by atoms with Crippen molar-refractivity contribution in [1.29, 1.82) is 0 Å². The van der Waals surface area contributed by atoms with Crippen molar-refractivity contribution < 1.29 is 37.3 Å². The summed E-state index contributed by atoms with van der Waals surface area (Å²) in [5.41, 5.74) is 1.33. The lowest BCUT2D eigenvalue weighted by molar-refractivity contribution is -0.137. The van der Waals surface area contributed by atoms with E-state index in [2.05, 4.69) is 10.6 Å². The maximum Gasteiger partial charge on any atom is 0.416 e. The molecule has 9 nitrogen and oxygen atoms in total. The summed E-state index contributed by atoms with van der Waals surface area (Å²) in [5, 5.41) is 17.9. The average molecular weight is 735 g/mol. The van der Waals surface area contributed by atoms with Crippen LogP contribution in [0.25, 0.3) is 10.8 Å². The van der Waals surface area contributed by atoms with Crippen molar-refractivity contribution >= 4 is 34.1 Å². The van der Waals surface area contributed by atoms with Gasteiger partial charge in [-0.2, -0.15) is 13.2 Å². The first-order chi connectivity index (χ1) is 25.3. The average Bonchev–Trinajstić information content (AvgIpc) is 3.12. The van der Waals surface area contributed by atoms with Crippen molar-refractivity contribution in [2.24, 2.45) is 5.92 Å². The Morgan fingerprint density at radius 2 is 1.74 bits per heavy atom. The molecule has 0 unspecified atom stereocenters. The number of likely N-dealkylation sites (N-methyl/N-ethyl adjacent to an activating group) is 1. The maximum absolute atomic E-state index is 14.5. The minimum absolute atomic E-state index is 0.193. The van der Waals surface area contributed by atoms with Crippen molar-refractivity contribution in [3.63, 3.8) is 0 Å². The van der Waals surface area contributed by atoms with Crippen LogP contribution in [0.15, 0.2) is 84.9 Å². The number of hydrogen-bond donors (Lipinski definition) is 3. The van der Waals surface area contributed by atoms with Gasteiger partial charge >= 0.3 is 12.2 Å². The number of hydrogen-bond acceptors (Lipinski definition) is 6. The van der Waals surface area contributed by atoms with E-state index in [0.29, 0.717) is 36.8 Å². The molecule has 5 rings (SSSR count). The molecule has 0 radical (unpaired) electrons. The van der Waals surface area contributed by atoms with Crippen LogP contribution in [-0.4, -0.2) is 78.4 Å². The fourth-order valence-corrected chi connectivity index (χ4v) is 6.56. The van der Waals surface area contributed by atoms with E-state index in [9.17, 15) is 27.9 Å². The molecule has 0 saturated heterocycles. The number of alkyl halides is 3. The van der Waals surface area contributed by atoms with Crippen LogP contribution in [-0.2, 0) is 17.5 Å². The van der Waals surface area contributed by atoms with E-state index in [1.807, 2.05) is 68.3 Å². The molecule has 1 aliphatic rings. The fourth-order valence-electron chi connectivity index (χ4n) is 6.56. The topological polar surface area (TPSA) is 103 Å². The SMILES string of the molecule is C[C@@H]1CN([C@@H](C)CO)C(=O)c2cc(NC(=O)Nc3cccc4ccccc34)ccc2O[C@@H](C)CCCCO[C@H]1CN(C)Cc1ccc(C(F)(F)F)cc1. The van der Waals surface area contributed by atoms with Gasteiger partial charge in [-0.15, -0.1) is 0 Å². The van der Waals surface area contributed by atoms with Gasteiger partial charge in [0.05, 0.1) is 41.7 Å². The van der Waals surface area contributed by atoms with Crippen molar-refractivity contribution in [1.82, 2.24) is 9.80 Å². The molecule has 1 aliphatic heterocycles. The summed E-state index contributed by atoms with van der Waals surface area (Å²) in [7, 11) is 1.89. The van der Waals surface area contributed by atoms with Gasteiger partial charge in [0.25, 0.3) is 5.91 Å². The number of aliphatic hydroxyl groups is 1. The Morgan fingerprint density at radius 1 is 1.00 bits per heavy atom. The quantitative estimate of drug-likeness (QED) is 0.168. The molecule has 284 valence electrons. The van der Waals surface area contributed by atoms with Crippen molar-refractivity contribution in [2.45, 2.75) is 71.0 Å². The third kappa shape index (κ3) is 10.7. The van der Waals surface area contributed by atoms with Crippen LogP contribution in [0.2, 0.25) is 0 Å². The number of carbonyl (C=O) groups is 2. The smallest absolute Gasteiger partial charge is 0.416 e. The van der Waals surface area contributed by atoms with Crippen LogP contribution in [0.1, 0.15) is 61.5 Å². The molecule has 3 amide bonds. The van der Waals surface area contributed by atoms with Crippen molar-refractivity contribution in [2.75, 3.05) is 44.0 Å². The number of aliphatic hydroxyl groups excluding tert-OH is 1. The highest BCUT2D eigenvalue weighted by Crippen LogP contribution is 2.31. The first-order valence-electron chi connectivity index (χ1n) is 18.1. The molecule has 0 aromatic heterocycles. The molecule has 0 spiro atoms. The molecule has 0 fully saturated rings. The number of ether oxygens (including phenoxy) is 2.